The van der Waals surface area contributed by atoms with Gasteiger partial charge in [0.1, 0.15) is 11.5 Å². The van der Waals surface area contributed by atoms with Gasteiger partial charge in [0, 0.05) is 18.3 Å². The van der Waals surface area contributed by atoms with Gasteiger partial charge in [0.2, 0.25) is 0 Å². The van der Waals surface area contributed by atoms with Gasteiger partial charge in [-0.05, 0) is 30.6 Å². The fourth-order valence-electron chi connectivity index (χ4n) is 6.25. The molecule has 4 aliphatic carbocycles. The Bertz CT molecular complexity index is 969. The average Bonchev–Trinajstić information content (AvgIpc) is 3.33. The number of ketones is 1. The molecule has 1 aliphatic heterocycles. The van der Waals surface area contributed by atoms with Gasteiger partial charge in [0.15, 0.2) is 0 Å². The van der Waals surface area contributed by atoms with Crippen molar-refractivity contribution in [2.45, 2.75) is 39.5 Å². The predicted molar refractivity (Wildman–Crippen MR) is 93.8 cm³/mol. The van der Waals surface area contributed by atoms with Crippen LogP contribution in [0.25, 0.3) is 0 Å². The van der Waals surface area contributed by atoms with Gasteiger partial charge in [0.05, 0.1) is 16.6 Å². The first-order valence-corrected chi connectivity index (χ1v) is 11.0. The molecule has 2 amide bonds. The fourth-order valence-corrected chi connectivity index (χ4v) is 8.43. The molecule has 7 nitrogen and oxygen atoms in total. The van der Waals surface area contributed by atoms with Crippen molar-refractivity contribution in [1.82, 2.24) is 0 Å². The lowest BCUT2D eigenvalue weighted by Gasteiger charge is -2.40. The molecule has 5 rings (SSSR count). The second kappa shape index (κ2) is 4.67. The number of Topliss-reactive ketones (excluding diaryl/α,β-unsaturated/α-hetero) is 1. The van der Waals surface area contributed by atoms with Crippen LogP contribution in [-0.4, -0.2) is 35.8 Å². The number of carbonyl (C=O) groups is 3. The molecule has 4 bridgehead atoms. The Morgan fingerprint density at radius 3 is 2.11 bits per heavy atom. The van der Waals surface area contributed by atoms with Crippen molar-refractivity contribution in [2.24, 2.45) is 28.6 Å². The van der Waals surface area contributed by atoms with Gasteiger partial charge in [0.25, 0.3) is 0 Å². The SMILES string of the molecule is CC1(C)C2CCC1(CS(=O)(=O)[N+]1([O-])C(=O)C3=C(C1=O)C1C=CC3C1)C(=O)C2. The lowest BCUT2D eigenvalue weighted by molar-refractivity contribution is -0.582. The third kappa shape index (κ3) is 1.67. The van der Waals surface area contributed by atoms with Crippen LogP contribution in [0.3, 0.4) is 0 Å². The van der Waals surface area contributed by atoms with E-state index in [0.717, 1.165) is 6.42 Å². The summed E-state index contributed by atoms with van der Waals surface area (Å²) in [4.78, 5) is 38.4. The van der Waals surface area contributed by atoms with E-state index in [1.54, 1.807) is 12.2 Å². The molecule has 27 heavy (non-hydrogen) atoms. The molecule has 0 saturated heterocycles. The minimum Gasteiger partial charge on any atom is -0.601 e. The van der Waals surface area contributed by atoms with E-state index in [1.165, 1.54) is 0 Å². The first-order chi connectivity index (χ1) is 12.5. The van der Waals surface area contributed by atoms with E-state index in [0.29, 0.717) is 19.3 Å². The first kappa shape index (κ1) is 17.5. The number of allylic oxidation sites excluding steroid dienone is 2. The van der Waals surface area contributed by atoms with Crippen LogP contribution in [0.4, 0.5) is 0 Å². The minimum atomic E-state index is -4.76. The largest absolute Gasteiger partial charge is 0.601 e. The quantitative estimate of drug-likeness (QED) is 0.313. The molecular weight excluding hydrogens is 370 g/mol. The van der Waals surface area contributed by atoms with E-state index < -0.39 is 42.5 Å². The topological polar surface area (TPSA) is 108 Å². The zero-order chi connectivity index (χ0) is 19.6. The van der Waals surface area contributed by atoms with Crippen LogP contribution in [-0.2, 0) is 24.4 Å². The Kier molecular flexibility index (Phi) is 3.02. The van der Waals surface area contributed by atoms with Crippen LogP contribution in [0.15, 0.2) is 23.3 Å². The number of fused-ring (bicyclic) bond motifs is 6. The van der Waals surface area contributed by atoms with Crippen molar-refractivity contribution in [2.75, 3.05) is 5.75 Å². The van der Waals surface area contributed by atoms with Gasteiger partial charge in [-0.3, -0.25) is 4.79 Å². The summed E-state index contributed by atoms with van der Waals surface area (Å²) in [5.74, 6) is -3.84. The highest BCUT2D eigenvalue weighted by Gasteiger charge is 2.70. The Labute approximate surface area is 157 Å². The number of amides is 2. The highest BCUT2D eigenvalue weighted by molar-refractivity contribution is 7.86. The van der Waals surface area contributed by atoms with E-state index in [9.17, 15) is 28.0 Å². The maximum atomic E-state index is 13.4. The van der Waals surface area contributed by atoms with Crippen LogP contribution < -0.4 is 0 Å². The smallest absolute Gasteiger partial charge is 0.366 e. The third-order valence-corrected chi connectivity index (χ3v) is 10.0. The highest BCUT2D eigenvalue weighted by Crippen LogP contribution is 2.65. The van der Waals surface area contributed by atoms with Crippen molar-refractivity contribution in [3.63, 3.8) is 0 Å². The number of sulfonamides is 1. The molecule has 8 heteroatoms. The van der Waals surface area contributed by atoms with Gasteiger partial charge in [-0.1, -0.05) is 26.0 Å². The normalized spacial score (nSPS) is 44.1. The van der Waals surface area contributed by atoms with Crippen molar-refractivity contribution >= 4 is 27.6 Å². The molecule has 0 radical (unpaired) electrons. The summed E-state index contributed by atoms with van der Waals surface area (Å²) in [5.41, 5.74) is -1.61. The van der Waals surface area contributed by atoms with Crippen LogP contribution in [0.1, 0.15) is 39.5 Å². The van der Waals surface area contributed by atoms with E-state index in [1.807, 2.05) is 13.8 Å². The summed E-state index contributed by atoms with van der Waals surface area (Å²) >= 11 is 0. The molecule has 4 atom stereocenters. The van der Waals surface area contributed by atoms with Gasteiger partial charge in [-0.2, -0.15) is 8.42 Å². The molecule has 2 saturated carbocycles. The maximum Gasteiger partial charge on any atom is 0.366 e. The Hall–Kier alpha value is -1.64. The average molecular weight is 391 g/mol. The van der Waals surface area contributed by atoms with E-state index in [2.05, 4.69) is 0 Å². The lowest BCUT2D eigenvalue weighted by atomic mass is 9.70. The Balaban J connectivity index is 1.56. The van der Waals surface area contributed by atoms with Gasteiger partial charge < -0.3 is 5.21 Å². The van der Waals surface area contributed by atoms with Gasteiger partial charge in [-0.25, -0.2) is 9.59 Å². The number of quaternary nitrogens is 1. The molecule has 5 aliphatic rings. The predicted octanol–water partition coefficient (Wildman–Crippen LogP) is 1.60. The number of hydrogen-bond donors (Lipinski definition) is 0. The number of hydrogen-bond acceptors (Lipinski definition) is 6. The molecule has 1 heterocycles. The fraction of sp³-hybridized carbons (Fsp3) is 0.632. The van der Waals surface area contributed by atoms with E-state index in [-0.39, 0.29) is 34.7 Å². The summed E-state index contributed by atoms with van der Waals surface area (Å²) in [7, 11) is -4.76. The summed E-state index contributed by atoms with van der Waals surface area (Å²) < 4.78 is 24.0. The minimum absolute atomic E-state index is 0.0740. The van der Waals surface area contributed by atoms with Crippen LogP contribution in [0.2, 0.25) is 0 Å². The van der Waals surface area contributed by atoms with E-state index in [4.69, 9.17) is 0 Å². The first-order valence-electron chi connectivity index (χ1n) is 9.36. The van der Waals surface area contributed by atoms with Gasteiger partial charge in [-0.15, -0.1) is 4.05 Å². The monoisotopic (exact) mass is 391 g/mol. The standard InChI is InChI=1S/C19H21NO6S/c1-18(2)12-5-6-19(18,13(21)8-12)9-27(25,26)20(24)16(22)14-10-3-4-11(7-10)15(14)17(20)23/h3-4,10-12H,5-9H2,1-2H3. The highest BCUT2D eigenvalue weighted by atomic mass is 32.2. The second-order valence-corrected chi connectivity index (χ2v) is 11.2. The van der Waals surface area contributed by atoms with Crippen LogP contribution >= 0.6 is 0 Å². The zero-order valence-electron chi connectivity index (χ0n) is 15.2. The molecule has 4 unspecified atom stereocenters. The van der Waals surface area contributed by atoms with Gasteiger partial charge >= 0.3 is 21.8 Å². The molecule has 2 fully saturated rings. The van der Waals surface area contributed by atoms with Crippen LogP contribution in [0, 0.1) is 33.8 Å². The lowest BCUT2D eigenvalue weighted by Crippen LogP contribution is -2.58. The molecule has 144 valence electrons. The Morgan fingerprint density at radius 1 is 1.11 bits per heavy atom. The number of rotatable bonds is 3. The molecule has 0 aromatic carbocycles. The molecule has 0 aromatic rings. The summed E-state index contributed by atoms with van der Waals surface area (Å²) in [5, 5.41) is 13.4. The number of carbonyl (C=O) groups excluding carboxylic acids is 3. The third-order valence-electron chi connectivity index (χ3n) is 8.07. The van der Waals surface area contributed by atoms with Crippen molar-refractivity contribution < 1.29 is 26.9 Å². The van der Waals surface area contributed by atoms with Crippen LogP contribution in [0.5, 0.6) is 0 Å². The summed E-state index contributed by atoms with van der Waals surface area (Å²) in [6, 6.07) is 0. The van der Waals surface area contributed by atoms with E-state index >= 15 is 0 Å². The molecular formula is C19H21NO6S. The summed E-state index contributed by atoms with van der Waals surface area (Å²) in [6.07, 6.45) is 5.48. The summed E-state index contributed by atoms with van der Waals surface area (Å²) in [6.45, 7) is 3.71. The maximum absolute atomic E-state index is 13.4. The number of imide groups is 1. The second-order valence-electron chi connectivity index (χ2n) is 9.22. The number of nitrogens with zero attached hydrogens (tertiary/aromatic N) is 1. The molecule has 0 aromatic heterocycles. The van der Waals surface area contributed by atoms with Crippen molar-refractivity contribution in [1.29, 1.82) is 0 Å². The van der Waals surface area contributed by atoms with Crippen molar-refractivity contribution in [3.8, 4) is 0 Å². The van der Waals surface area contributed by atoms with Crippen molar-refractivity contribution in [3.05, 3.63) is 28.5 Å². The molecule has 0 N–H and O–H groups in total. The molecule has 0 spiro atoms. The number of hydroxylamine groups is 2. The zero-order valence-corrected chi connectivity index (χ0v) is 16.0. The Morgan fingerprint density at radius 2 is 1.67 bits per heavy atom.